The van der Waals surface area contributed by atoms with Crippen molar-refractivity contribution in [2.45, 2.75) is 37.9 Å². The number of hydrogen-bond acceptors (Lipinski definition) is 9. The lowest BCUT2D eigenvalue weighted by molar-refractivity contribution is -0.118. The van der Waals surface area contributed by atoms with E-state index in [0.717, 1.165) is 69.6 Å². The third kappa shape index (κ3) is 6.85. The average molecular weight is 576 g/mol. The molecular formula is C26H32F3N9O3. The lowest BCUT2D eigenvalue weighted by Gasteiger charge is -2.34. The van der Waals surface area contributed by atoms with Gasteiger partial charge in [-0.15, -0.1) is 0 Å². The number of amides is 2. The predicted molar refractivity (Wildman–Crippen MR) is 142 cm³/mol. The van der Waals surface area contributed by atoms with Crippen molar-refractivity contribution in [3.8, 4) is 11.5 Å². The number of carbonyl (C=O) groups excluding carboxylic acids is 2. The van der Waals surface area contributed by atoms with E-state index in [4.69, 9.17) is 15.9 Å². The van der Waals surface area contributed by atoms with Gasteiger partial charge in [0.25, 0.3) is 11.8 Å². The van der Waals surface area contributed by atoms with Crippen LogP contribution in [-0.4, -0.2) is 81.9 Å². The van der Waals surface area contributed by atoms with Crippen LogP contribution in [0.15, 0.2) is 35.2 Å². The number of nitrogens with two attached hydrogens (primary N) is 2. The van der Waals surface area contributed by atoms with Gasteiger partial charge in [0.15, 0.2) is 11.4 Å². The number of anilines is 2. The first-order chi connectivity index (χ1) is 19.6. The van der Waals surface area contributed by atoms with E-state index in [1.165, 1.54) is 24.5 Å². The summed E-state index contributed by atoms with van der Waals surface area (Å²) in [5, 5.41) is 7.71. The van der Waals surface area contributed by atoms with Crippen LogP contribution in [0.5, 0.6) is 0 Å². The molecule has 1 aliphatic carbocycles. The summed E-state index contributed by atoms with van der Waals surface area (Å²) >= 11 is 0. The number of oxazole rings is 1. The van der Waals surface area contributed by atoms with Crippen LogP contribution in [0, 0.1) is 5.92 Å². The minimum absolute atomic E-state index is 0.0298. The zero-order valence-electron chi connectivity index (χ0n) is 22.3. The van der Waals surface area contributed by atoms with E-state index < -0.39 is 24.5 Å². The Kier molecular flexibility index (Phi) is 8.26. The number of carbonyl (C=O) groups is 2. The highest BCUT2D eigenvalue weighted by Gasteiger charge is 2.36. The maximum absolute atomic E-state index is 13.8. The quantitative estimate of drug-likeness (QED) is 0.348. The normalized spacial score (nSPS) is 20.2. The molecule has 0 atom stereocenters. The molecule has 0 radical (unpaired) electrons. The van der Waals surface area contributed by atoms with Gasteiger partial charge in [-0.25, -0.2) is 9.97 Å². The molecule has 15 heteroatoms. The van der Waals surface area contributed by atoms with Crippen molar-refractivity contribution in [2.24, 2.45) is 17.4 Å². The van der Waals surface area contributed by atoms with Gasteiger partial charge in [-0.05, 0) is 43.7 Å². The lowest BCUT2D eigenvalue weighted by Crippen LogP contribution is -2.45. The second-order valence-electron chi connectivity index (χ2n) is 10.4. The number of halogens is 3. The van der Waals surface area contributed by atoms with Gasteiger partial charge in [0.1, 0.15) is 18.6 Å². The number of primary amides is 2. The zero-order chi connectivity index (χ0) is 29.1. The first-order valence-electron chi connectivity index (χ1n) is 13.5. The summed E-state index contributed by atoms with van der Waals surface area (Å²) < 4.78 is 48.3. The van der Waals surface area contributed by atoms with Crippen LogP contribution in [0.3, 0.4) is 0 Å². The van der Waals surface area contributed by atoms with Crippen molar-refractivity contribution in [1.82, 2.24) is 30.0 Å². The summed E-state index contributed by atoms with van der Waals surface area (Å²) in [7, 11) is 0. The summed E-state index contributed by atoms with van der Waals surface area (Å²) in [6.07, 6.45) is 2.60. The van der Waals surface area contributed by atoms with Gasteiger partial charge in [-0.3, -0.25) is 14.3 Å². The molecule has 0 aromatic carbocycles. The number of nitrogens with one attached hydrogen (secondary N) is 1. The standard InChI is InChI=1S/C26H32F3N9O3/c27-26(28,29)15-37(21-11-17(5-6-33-21)25-34-19(14-41-25)23(30)39)20-13-38(35-22(20)24(31)40)18-3-1-16(2-4-18)12-36-9-7-32-8-10-36/h5-6,11,13-14,16,18,32H,1-4,7-10,12,15H2,(H2,30,39)(H2,31,40). The number of hydrogen-bond donors (Lipinski definition) is 3. The maximum Gasteiger partial charge on any atom is 0.406 e. The van der Waals surface area contributed by atoms with Gasteiger partial charge in [-0.2, -0.15) is 18.3 Å². The smallest absolute Gasteiger partial charge is 0.406 e. The van der Waals surface area contributed by atoms with Gasteiger partial charge in [-0.1, -0.05) is 0 Å². The van der Waals surface area contributed by atoms with Crippen molar-refractivity contribution in [3.63, 3.8) is 0 Å². The molecule has 0 unspecified atom stereocenters. The van der Waals surface area contributed by atoms with Crippen molar-refractivity contribution in [3.05, 3.63) is 42.2 Å². The molecule has 0 bridgehead atoms. The Morgan fingerprint density at radius 2 is 1.85 bits per heavy atom. The number of piperazine rings is 1. The van der Waals surface area contributed by atoms with E-state index >= 15 is 0 Å². The molecule has 1 saturated heterocycles. The Balaban J connectivity index is 1.41. The van der Waals surface area contributed by atoms with E-state index in [1.807, 2.05) is 0 Å². The van der Waals surface area contributed by atoms with Gasteiger partial charge in [0.05, 0.1) is 11.7 Å². The van der Waals surface area contributed by atoms with Crippen molar-refractivity contribution < 1.29 is 27.2 Å². The first-order valence-corrected chi connectivity index (χ1v) is 13.5. The number of rotatable bonds is 9. The van der Waals surface area contributed by atoms with Crippen LogP contribution in [0.1, 0.15) is 52.7 Å². The highest BCUT2D eigenvalue weighted by Crippen LogP contribution is 2.37. The van der Waals surface area contributed by atoms with Gasteiger partial charge >= 0.3 is 6.18 Å². The molecule has 2 fully saturated rings. The SMILES string of the molecule is NC(=O)c1coc(-c2ccnc(N(CC(F)(F)F)c3cn(C4CCC(CN5CCNCC5)CC4)nc3C(N)=O)c2)n1. The van der Waals surface area contributed by atoms with Crippen LogP contribution >= 0.6 is 0 Å². The van der Waals surface area contributed by atoms with Crippen LogP contribution in [0.4, 0.5) is 24.7 Å². The van der Waals surface area contributed by atoms with Gasteiger partial charge in [0, 0.05) is 50.7 Å². The fourth-order valence-corrected chi connectivity index (χ4v) is 5.48. The molecule has 41 heavy (non-hydrogen) atoms. The first kappa shape index (κ1) is 28.5. The van der Waals surface area contributed by atoms with Gasteiger partial charge < -0.3 is 31.0 Å². The highest BCUT2D eigenvalue weighted by molar-refractivity contribution is 5.97. The molecule has 4 heterocycles. The number of aromatic nitrogens is 4. The molecule has 5 N–H and O–H groups in total. The maximum atomic E-state index is 13.8. The molecule has 1 saturated carbocycles. The van der Waals surface area contributed by atoms with E-state index in [1.54, 1.807) is 4.68 Å². The molecule has 5 rings (SSSR count). The lowest BCUT2D eigenvalue weighted by atomic mass is 9.85. The predicted octanol–water partition coefficient (Wildman–Crippen LogP) is 2.47. The molecule has 0 spiro atoms. The summed E-state index contributed by atoms with van der Waals surface area (Å²) in [5.41, 5.74) is 10.6. The van der Waals surface area contributed by atoms with Gasteiger partial charge in [0.2, 0.25) is 5.89 Å². The Hall–Kier alpha value is -3.98. The Morgan fingerprint density at radius 1 is 1.12 bits per heavy atom. The van der Waals surface area contributed by atoms with Crippen molar-refractivity contribution in [2.75, 3.05) is 44.2 Å². The molecular weight excluding hydrogens is 543 g/mol. The average Bonchev–Trinajstić information content (AvgIpc) is 3.61. The van der Waals surface area contributed by atoms with Crippen LogP contribution in [-0.2, 0) is 0 Å². The topological polar surface area (TPSA) is 161 Å². The van der Waals surface area contributed by atoms with Crippen molar-refractivity contribution >= 4 is 23.3 Å². The van der Waals surface area contributed by atoms with Crippen LogP contribution in [0.2, 0.25) is 0 Å². The highest BCUT2D eigenvalue weighted by atomic mass is 19.4. The molecule has 1 aliphatic heterocycles. The number of pyridine rings is 1. The second kappa shape index (κ2) is 11.9. The van der Waals surface area contributed by atoms with Crippen LogP contribution in [0.25, 0.3) is 11.5 Å². The zero-order valence-corrected chi connectivity index (χ0v) is 22.3. The van der Waals surface area contributed by atoms with E-state index in [2.05, 4.69) is 25.3 Å². The van der Waals surface area contributed by atoms with E-state index in [9.17, 15) is 22.8 Å². The number of nitrogens with zero attached hydrogens (tertiary/aromatic N) is 6. The van der Waals surface area contributed by atoms with E-state index in [0.29, 0.717) is 5.92 Å². The van der Waals surface area contributed by atoms with Crippen LogP contribution < -0.4 is 21.7 Å². The van der Waals surface area contributed by atoms with E-state index in [-0.39, 0.29) is 40.4 Å². The summed E-state index contributed by atoms with van der Waals surface area (Å²) in [6.45, 7) is 3.59. The fraction of sp³-hybridized carbons (Fsp3) is 0.500. The second-order valence-corrected chi connectivity index (χ2v) is 10.4. The largest absolute Gasteiger partial charge is 0.444 e. The van der Waals surface area contributed by atoms with Crippen molar-refractivity contribution in [1.29, 1.82) is 0 Å². The summed E-state index contributed by atoms with van der Waals surface area (Å²) in [6, 6.07) is 2.70. The number of alkyl halides is 3. The minimum Gasteiger partial charge on any atom is -0.444 e. The molecule has 220 valence electrons. The molecule has 2 amide bonds. The Morgan fingerprint density at radius 3 is 2.49 bits per heavy atom. The summed E-state index contributed by atoms with van der Waals surface area (Å²) in [4.78, 5) is 35.2. The molecule has 3 aromatic heterocycles. The summed E-state index contributed by atoms with van der Waals surface area (Å²) in [5.74, 6) is -1.40. The Bertz CT molecular complexity index is 1380. The molecule has 2 aliphatic rings. The minimum atomic E-state index is -4.65. The molecule has 3 aromatic rings. The fourth-order valence-electron chi connectivity index (χ4n) is 5.48. The third-order valence-electron chi connectivity index (χ3n) is 7.52. The third-order valence-corrected chi connectivity index (χ3v) is 7.52. The molecule has 12 nitrogen and oxygen atoms in total. The monoisotopic (exact) mass is 575 g/mol. The Labute approximate surface area is 233 Å².